The molecule has 27 heavy (non-hydrogen) atoms. The van der Waals surface area contributed by atoms with Crippen LogP contribution in [0.25, 0.3) is 0 Å². The molecule has 1 aromatic heterocycles. The molecular formula is C20H27N3O3S. The molecule has 146 valence electrons. The molecule has 6 nitrogen and oxygen atoms in total. The van der Waals surface area contributed by atoms with Crippen molar-refractivity contribution in [1.82, 2.24) is 14.2 Å². The lowest BCUT2D eigenvalue weighted by molar-refractivity contribution is 0.0945. The first kappa shape index (κ1) is 19.6. The van der Waals surface area contributed by atoms with E-state index in [1.54, 1.807) is 11.6 Å². The van der Waals surface area contributed by atoms with Gasteiger partial charge in [0.2, 0.25) is 10.0 Å². The average Bonchev–Trinajstić information content (AvgIpc) is 3.09. The summed E-state index contributed by atoms with van der Waals surface area (Å²) in [6.07, 6.45) is 6.10. The highest BCUT2D eigenvalue weighted by molar-refractivity contribution is 7.89. The molecule has 1 fully saturated rings. The molecule has 1 N–H and O–H groups in total. The number of nitrogens with one attached hydrogen (secondary N) is 1. The van der Waals surface area contributed by atoms with Crippen LogP contribution in [-0.2, 0) is 23.5 Å². The fraction of sp³-hybridized carbons (Fsp3) is 0.450. The number of hydrogen-bond acceptors (Lipinski definition) is 3. The Morgan fingerprint density at radius 3 is 2.52 bits per heavy atom. The fourth-order valence-corrected chi connectivity index (χ4v) is 4.97. The zero-order valence-electron chi connectivity index (χ0n) is 15.7. The van der Waals surface area contributed by atoms with Crippen molar-refractivity contribution >= 4 is 15.9 Å². The van der Waals surface area contributed by atoms with Crippen molar-refractivity contribution in [1.29, 1.82) is 0 Å². The second-order valence-corrected chi connectivity index (χ2v) is 8.92. The monoisotopic (exact) mass is 389 g/mol. The van der Waals surface area contributed by atoms with Crippen LogP contribution in [0.5, 0.6) is 0 Å². The number of benzene rings is 1. The summed E-state index contributed by atoms with van der Waals surface area (Å²) in [5.74, 6) is -0.245. The Morgan fingerprint density at radius 1 is 1.11 bits per heavy atom. The largest absolute Gasteiger partial charge is 0.351 e. The lowest BCUT2D eigenvalue weighted by Crippen LogP contribution is -2.35. The van der Waals surface area contributed by atoms with E-state index in [9.17, 15) is 13.2 Å². The van der Waals surface area contributed by atoms with Crippen LogP contribution in [0.4, 0.5) is 0 Å². The molecule has 3 rings (SSSR count). The molecule has 0 unspecified atom stereocenters. The van der Waals surface area contributed by atoms with Crippen molar-refractivity contribution in [3.63, 3.8) is 0 Å². The summed E-state index contributed by atoms with van der Waals surface area (Å²) in [5, 5.41) is 2.89. The second-order valence-electron chi connectivity index (χ2n) is 6.98. The molecule has 0 atom stereocenters. The van der Waals surface area contributed by atoms with Gasteiger partial charge in [0.1, 0.15) is 10.6 Å². The van der Waals surface area contributed by atoms with Crippen LogP contribution in [0.15, 0.2) is 47.5 Å². The molecule has 1 saturated heterocycles. The normalized spacial score (nSPS) is 15.6. The Kier molecular flexibility index (Phi) is 6.34. The minimum atomic E-state index is -3.53. The van der Waals surface area contributed by atoms with E-state index in [4.69, 9.17) is 0 Å². The number of sulfonamides is 1. The first-order valence-corrected chi connectivity index (χ1v) is 10.9. The first-order valence-electron chi connectivity index (χ1n) is 9.47. The molecule has 0 radical (unpaired) electrons. The fourth-order valence-electron chi connectivity index (χ4n) is 3.39. The molecule has 2 aromatic rings. The van der Waals surface area contributed by atoms with Crippen molar-refractivity contribution < 1.29 is 13.2 Å². The lowest BCUT2D eigenvalue weighted by atomic mass is 10.1. The van der Waals surface area contributed by atoms with E-state index < -0.39 is 10.0 Å². The van der Waals surface area contributed by atoms with Crippen LogP contribution in [0, 0.1) is 0 Å². The summed E-state index contributed by atoms with van der Waals surface area (Å²) in [7, 11) is -1.82. The number of hydrogen-bond donors (Lipinski definition) is 1. The molecule has 7 heteroatoms. The topological polar surface area (TPSA) is 71.4 Å². The van der Waals surface area contributed by atoms with Crippen LogP contribution in [0.1, 0.15) is 41.7 Å². The number of piperidine rings is 1. The van der Waals surface area contributed by atoms with E-state index in [1.807, 2.05) is 18.2 Å². The van der Waals surface area contributed by atoms with Crippen LogP contribution in [0.2, 0.25) is 0 Å². The van der Waals surface area contributed by atoms with Gasteiger partial charge in [0, 0.05) is 32.9 Å². The summed E-state index contributed by atoms with van der Waals surface area (Å²) in [4.78, 5) is 12.6. The molecule has 0 saturated carbocycles. The Balaban J connectivity index is 1.59. The predicted octanol–water partition coefficient (Wildman–Crippen LogP) is 2.56. The second kappa shape index (κ2) is 8.71. The van der Waals surface area contributed by atoms with E-state index in [-0.39, 0.29) is 10.8 Å². The third-order valence-electron chi connectivity index (χ3n) is 4.94. The van der Waals surface area contributed by atoms with Gasteiger partial charge in [-0.25, -0.2) is 8.42 Å². The lowest BCUT2D eigenvalue weighted by Gasteiger charge is -2.25. The van der Waals surface area contributed by atoms with Gasteiger partial charge >= 0.3 is 0 Å². The number of aromatic nitrogens is 1. The number of amides is 1. The standard InChI is InChI=1S/C20H27N3O3S/c1-22-16-18(27(25,26)23-13-6-3-7-14-23)15-19(22)20(24)21-12-8-11-17-9-4-2-5-10-17/h2,4-5,9-10,15-16H,3,6-8,11-14H2,1H3,(H,21,24). The van der Waals surface area contributed by atoms with Crippen molar-refractivity contribution in [3.05, 3.63) is 53.9 Å². The summed E-state index contributed by atoms with van der Waals surface area (Å²) in [6.45, 7) is 1.66. The van der Waals surface area contributed by atoms with E-state index >= 15 is 0 Å². The molecular weight excluding hydrogens is 362 g/mol. The van der Waals surface area contributed by atoms with Crippen molar-refractivity contribution in [2.45, 2.75) is 37.0 Å². The molecule has 1 aliphatic rings. The van der Waals surface area contributed by atoms with E-state index in [1.165, 1.54) is 22.1 Å². The average molecular weight is 390 g/mol. The SMILES string of the molecule is Cn1cc(S(=O)(=O)N2CCCCC2)cc1C(=O)NCCCc1ccccc1. The maximum Gasteiger partial charge on any atom is 0.267 e. The molecule has 0 aliphatic carbocycles. The van der Waals surface area contributed by atoms with Crippen LogP contribution in [-0.4, -0.2) is 42.8 Å². The van der Waals surface area contributed by atoms with Gasteiger partial charge in [-0.05, 0) is 37.3 Å². The molecule has 0 spiro atoms. The number of rotatable bonds is 7. The van der Waals surface area contributed by atoms with Crippen molar-refractivity contribution in [2.24, 2.45) is 7.05 Å². The van der Waals surface area contributed by atoms with Gasteiger partial charge in [0.15, 0.2) is 0 Å². The molecule has 1 aromatic carbocycles. The summed E-state index contributed by atoms with van der Waals surface area (Å²) < 4.78 is 28.7. The highest BCUT2D eigenvalue weighted by Crippen LogP contribution is 2.22. The van der Waals surface area contributed by atoms with Crippen LogP contribution in [0.3, 0.4) is 0 Å². The van der Waals surface area contributed by atoms with Gasteiger partial charge in [0.05, 0.1) is 0 Å². The maximum atomic E-state index is 12.8. The predicted molar refractivity (Wildman–Crippen MR) is 105 cm³/mol. The van der Waals surface area contributed by atoms with Gasteiger partial charge in [-0.2, -0.15) is 4.31 Å². The third kappa shape index (κ3) is 4.78. The van der Waals surface area contributed by atoms with Gasteiger partial charge in [-0.15, -0.1) is 0 Å². The molecule has 1 amide bonds. The Hall–Kier alpha value is -2.12. The van der Waals surface area contributed by atoms with Crippen LogP contribution < -0.4 is 5.32 Å². The van der Waals surface area contributed by atoms with Gasteiger partial charge in [0.25, 0.3) is 5.91 Å². The number of carbonyl (C=O) groups is 1. The third-order valence-corrected chi connectivity index (χ3v) is 6.80. The maximum absolute atomic E-state index is 12.8. The van der Waals surface area contributed by atoms with Gasteiger partial charge in [-0.1, -0.05) is 36.8 Å². The highest BCUT2D eigenvalue weighted by atomic mass is 32.2. The molecule has 1 aliphatic heterocycles. The Morgan fingerprint density at radius 2 is 1.81 bits per heavy atom. The molecule has 2 heterocycles. The van der Waals surface area contributed by atoms with E-state index in [2.05, 4.69) is 17.4 Å². The van der Waals surface area contributed by atoms with Crippen molar-refractivity contribution in [2.75, 3.05) is 19.6 Å². The quantitative estimate of drug-likeness (QED) is 0.740. The minimum absolute atomic E-state index is 0.196. The van der Waals surface area contributed by atoms with Gasteiger partial charge in [-0.3, -0.25) is 4.79 Å². The van der Waals surface area contributed by atoms with Crippen molar-refractivity contribution in [3.8, 4) is 0 Å². The Bertz CT molecular complexity index is 869. The van der Waals surface area contributed by atoms with E-state index in [0.717, 1.165) is 32.1 Å². The van der Waals surface area contributed by atoms with Crippen LogP contribution >= 0.6 is 0 Å². The summed E-state index contributed by atoms with van der Waals surface area (Å²) >= 11 is 0. The van der Waals surface area contributed by atoms with Gasteiger partial charge < -0.3 is 9.88 Å². The zero-order chi connectivity index (χ0) is 19.3. The van der Waals surface area contributed by atoms with E-state index in [0.29, 0.717) is 25.3 Å². The first-order chi connectivity index (χ1) is 13.0. The minimum Gasteiger partial charge on any atom is -0.351 e. The Labute approximate surface area is 161 Å². The number of aryl methyl sites for hydroxylation is 2. The highest BCUT2D eigenvalue weighted by Gasteiger charge is 2.28. The smallest absolute Gasteiger partial charge is 0.267 e. The number of nitrogens with zero attached hydrogens (tertiary/aromatic N) is 2. The number of carbonyl (C=O) groups excluding carboxylic acids is 1. The molecule has 0 bridgehead atoms. The zero-order valence-corrected chi connectivity index (χ0v) is 16.5. The summed E-state index contributed by atoms with van der Waals surface area (Å²) in [6, 6.07) is 11.6. The summed E-state index contributed by atoms with van der Waals surface area (Å²) in [5.41, 5.74) is 1.60.